The van der Waals surface area contributed by atoms with Gasteiger partial charge in [0.1, 0.15) is 0 Å². The molecule has 1 fully saturated rings. The Hall–Kier alpha value is -1.69. The number of aryl methyl sites for hydroxylation is 1. The summed E-state index contributed by atoms with van der Waals surface area (Å²) >= 11 is 0. The fourth-order valence-electron chi connectivity index (χ4n) is 2.55. The molecule has 1 saturated heterocycles. The summed E-state index contributed by atoms with van der Waals surface area (Å²) in [5, 5.41) is 2.96. The van der Waals surface area contributed by atoms with Gasteiger partial charge in [-0.05, 0) is 25.3 Å². The van der Waals surface area contributed by atoms with Crippen LogP contribution in [-0.2, 0) is 16.0 Å². The summed E-state index contributed by atoms with van der Waals surface area (Å²) in [6, 6.07) is 1.99. The second-order valence-corrected chi connectivity index (χ2v) is 5.18. The lowest BCUT2D eigenvalue weighted by Gasteiger charge is -2.16. The van der Waals surface area contributed by atoms with Gasteiger partial charge >= 0.3 is 0 Å². The highest BCUT2D eigenvalue weighted by Gasteiger charge is 2.29. The maximum absolute atomic E-state index is 11.9. The van der Waals surface area contributed by atoms with E-state index in [0.29, 0.717) is 31.4 Å². The van der Waals surface area contributed by atoms with Crippen LogP contribution < -0.4 is 5.32 Å². The molecule has 20 heavy (non-hydrogen) atoms. The molecule has 0 aromatic carbocycles. The molecule has 1 amide bonds. The van der Waals surface area contributed by atoms with E-state index < -0.39 is 0 Å². The van der Waals surface area contributed by atoms with Crippen LogP contribution >= 0.6 is 0 Å². The second-order valence-electron chi connectivity index (χ2n) is 5.18. The number of likely N-dealkylation sites (tertiary alicyclic amines) is 1. The molecule has 6 heteroatoms. The van der Waals surface area contributed by atoms with Crippen LogP contribution in [0.3, 0.4) is 0 Å². The number of carbonyl (C=O) groups excluding carboxylic acids is 1. The largest absolute Gasteiger partial charge is 0.383 e. The normalized spacial score (nSPS) is 18.6. The number of methoxy groups -OCH3 is 1. The van der Waals surface area contributed by atoms with Crippen molar-refractivity contribution < 1.29 is 9.53 Å². The highest BCUT2D eigenvalue weighted by atomic mass is 16.5. The van der Waals surface area contributed by atoms with Gasteiger partial charge in [-0.15, -0.1) is 0 Å². The Balaban J connectivity index is 1.97. The lowest BCUT2D eigenvalue weighted by molar-refractivity contribution is -0.128. The number of carbonyl (C=O) groups is 1. The van der Waals surface area contributed by atoms with Crippen molar-refractivity contribution in [3.8, 4) is 0 Å². The number of nitrogens with zero attached hydrogens (tertiary/aromatic N) is 3. The van der Waals surface area contributed by atoms with E-state index in [0.717, 1.165) is 24.4 Å². The number of ether oxygens (including phenoxy) is 1. The van der Waals surface area contributed by atoms with Crippen molar-refractivity contribution in [2.75, 3.05) is 39.2 Å². The van der Waals surface area contributed by atoms with Crippen LogP contribution in [0, 0.1) is 12.8 Å². The molecule has 6 nitrogen and oxygen atoms in total. The predicted octanol–water partition coefficient (Wildman–Crippen LogP) is 0.864. The summed E-state index contributed by atoms with van der Waals surface area (Å²) in [7, 11) is 3.46. The maximum atomic E-state index is 11.9. The molecule has 0 saturated carbocycles. The number of nitrogens with one attached hydrogen (secondary N) is 1. The van der Waals surface area contributed by atoms with Gasteiger partial charge in [-0.3, -0.25) is 4.79 Å². The zero-order valence-corrected chi connectivity index (χ0v) is 12.3. The molecule has 0 spiro atoms. The van der Waals surface area contributed by atoms with Gasteiger partial charge in [0, 0.05) is 45.1 Å². The van der Waals surface area contributed by atoms with Crippen molar-refractivity contribution in [3.05, 3.63) is 17.5 Å². The molecular weight excluding hydrogens is 256 g/mol. The van der Waals surface area contributed by atoms with Gasteiger partial charge in [-0.1, -0.05) is 0 Å². The van der Waals surface area contributed by atoms with Crippen LogP contribution in [-0.4, -0.2) is 54.6 Å². The molecule has 1 aliphatic rings. The van der Waals surface area contributed by atoms with E-state index in [1.807, 2.05) is 24.9 Å². The number of anilines is 1. The van der Waals surface area contributed by atoms with E-state index in [1.54, 1.807) is 7.11 Å². The van der Waals surface area contributed by atoms with Gasteiger partial charge < -0.3 is 15.0 Å². The van der Waals surface area contributed by atoms with Gasteiger partial charge in [-0.25, -0.2) is 9.97 Å². The van der Waals surface area contributed by atoms with E-state index in [9.17, 15) is 4.79 Å². The van der Waals surface area contributed by atoms with Crippen LogP contribution in [0.15, 0.2) is 6.07 Å². The van der Waals surface area contributed by atoms with E-state index >= 15 is 0 Å². The highest BCUT2D eigenvalue weighted by Crippen LogP contribution is 2.21. The van der Waals surface area contributed by atoms with Crippen LogP contribution in [0.25, 0.3) is 0 Å². The summed E-state index contributed by atoms with van der Waals surface area (Å²) in [6.07, 6.45) is 1.41. The van der Waals surface area contributed by atoms with Crippen molar-refractivity contribution >= 4 is 11.9 Å². The number of hydrogen-bond acceptors (Lipinski definition) is 5. The van der Waals surface area contributed by atoms with Gasteiger partial charge in [0.05, 0.1) is 6.61 Å². The third kappa shape index (κ3) is 3.66. The quantitative estimate of drug-likeness (QED) is 0.836. The third-order valence-electron chi connectivity index (χ3n) is 3.49. The van der Waals surface area contributed by atoms with E-state index in [1.165, 1.54) is 0 Å². The molecular formula is C14H22N4O2. The lowest BCUT2D eigenvalue weighted by Crippen LogP contribution is -2.29. The molecule has 1 aromatic rings. The zero-order chi connectivity index (χ0) is 14.5. The molecule has 2 heterocycles. The summed E-state index contributed by atoms with van der Waals surface area (Å²) in [6.45, 7) is 4.02. The van der Waals surface area contributed by atoms with Gasteiger partial charge in [-0.2, -0.15) is 0 Å². The van der Waals surface area contributed by atoms with Gasteiger partial charge in [0.15, 0.2) is 0 Å². The fourth-order valence-corrected chi connectivity index (χ4v) is 2.55. The molecule has 0 radical (unpaired) electrons. The van der Waals surface area contributed by atoms with Crippen molar-refractivity contribution in [2.24, 2.45) is 5.92 Å². The molecule has 110 valence electrons. The molecule has 1 aromatic heterocycles. The first-order valence-electron chi connectivity index (χ1n) is 6.91. The Labute approximate surface area is 119 Å². The zero-order valence-electron chi connectivity index (χ0n) is 12.3. The first-order valence-corrected chi connectivity index (χ1v) is 6.91. The maximum Gasteiger partial charge on any atom is 0.223 e. The summed E-state index contributed by atoms with van der Waals surface area (Å²) in [5.74, 6) is 1.19. The minimum Gasteiger partial charge on any atom is -0.383 e. The Morgan fingerprint density at radius 3 is 3.00 bits per heavy atom. The average Bonchev–Trinajstić information content (AvgIpc) is 2.75. The Bertz CT molecular complexity index is 478. The molecule has 2 rings (SSSR count). The fraction of sp³-hybridized carbons (Fsp3) is 0.643. The second kappa shape index (κ2) is 6.65. The Morgan fingerprint density at radius 1 is 1.50 bits per heavy atom. The molecule has 1 atom stereocenters. The lowest BCUT2D eigenvalue weighted by atomic mass is 10.0. The number of hydrogen-bond donors (Lipinski definition) is 1. The van der Waals surface area contributed by atoms with Crippen molar-refractivity contribution in [1.29, 1.82) is 0 Å². The smallest absolute Gasteiger partial charge is 0.223 e. The predicted molar refractivity (Wildman–Crippen MR) is 76.6 cm³/mol. The Kier molecular flexibility index (Phi) is 4.89. The van der Waals surface area contributed by atoms with Crippen molar-refractivity contribution in [2.45, 2.75) is 19.8 Å². The van der Waals surface area contributed by atoms with Crippen molar-refractivity contribution in [3.63, 3.8) is 0 Å². The monoisotopic (exact) mass is 278 g/mol. The minimum absolute atomic E-state index is 0.215. The summed E-state index contributed by atoms with van der Waals surface area (Å²) in [5.41, 5.74) is 1.94. The SMILES string of the molecule is CNc1nc(C)cc(C[C@@H]2CC(=O)N(CCOC)C2)n1. The third-order valence-corrected chi connectivity index (χ3v) is 3.49. The van der Waals surface area contributed by atoms with Crippen molar-refractivity contribution in [1.82, 2.24) is 14.9 Å². The summed E-state index contributed by atoms with van der Waals surface area (Å²) < 4.78 is 5.03. The van der Waals surface area contributed by atoms with Crippen LogP contribution in [0.2, 0.25) is 0 Å². The van der Waals surface area contributed by atoms with Crippen LogP contribution in [0.4, 0.5) is 5.95 Å². The molecule has 1 aliphatic heterocycles. The Morgan fingerprint density at radius 2 is 2.30 bits per heavy atom. The van der Waals surface area contributed by atoms with Gasteiger partial charge in [0.25, 0.3) is 0 Å². The average molecular weight is 278 g/mol. The standard InChI is InChI=1S/C14H22N4O2/c1-10-6-12(17-14(15-2)16-10)7-11-8-13(19)18(9-11)4-5-20-3/h6,11H,4-5,7-9H2,1-3H3,(H,15,16,17)/t11-/m1/s1. The molecule has 0 unspecified atom stereocenters. The summed E-state index contributed by atoms with van der Waals surface area (Å²) in [4.78, 5) is 22.5. The first kappa shape index (κ1) is 14.7. The molecule has 1 N–H and O–H groups in total. The first-order chi connectivity index (χ1) is 9.62. The van der Waals surface area contributed by atoms with E-state index in [4.69, 9.17) is 4.74 Å². The van der Waals surface area contributed by atoms with Crippen LogP contribution in [0.1, 0.15) is 17.8 Å². The van der Waals surface area contributed by atoms with E-state index in [-0.39, 0.29) is 5.91 Å². The van der Waals surface area contributed by atoms with Crippen LogP contribution in [0.5, 0.6) is 0 Å². The van der Waals surface area contributed by atoms with E-state index in [2.05, 4.69) is 15.3 Å². The van der Waals surface area contributed by atoms with Gasteiger partial charge in [0.2, 0.25) is 11.9 Å². The number of rotatable bonds is 6. The number of aromatic nitrogens is 2. The minimum atomic E-state index is 0.215. The topological polar surface area (TPSA) is 67.4 Å². The molecule has 0 bridgehead atoms. The molecule has 0 aliphatic carbocycles. The highest BCUT2D eigenvalue weighted by molar-refractivity contribution is 5.78. The number of amides is 1.